The van der Waals surface area contributed by atoms with Crippen LogP contribution in [-0.4, -0.2) is 57.6 Å². The molecule has 4 N–H and O–H groups in total. The highest BCUT2D eigenvalue weighted by Gasteiger charge is 2.28. The minimum absolute atomic E-state index is 0.0909. The molecular weight excluding hydrogens is 188 g/mol. The molecular formula is C9H20O5. The lowest BCUT2D eigenvalue weighted by molar-refractivity contribution is -0.131. The van der Waals surface area contributed by atoms with E-state index in [0.29, 0.717) is 0 Å². The number of aliphatic hydroxyl groups is 4. The molecule has 0 heterocycles. The van der Waals surface area contributed by atoms with Crippen molar-refractivity contribution >= 4 is 0 Å². The van der Waals surface area contributed by atoms with E-state index in [4.69, 9.17) is 14.9 Å². The van der Waals surface area contributed by atoms with Gasteiger partial charge < -0.3 is 25.2 Å². The lowest BCUT2D eigenvalue weighted by atomic mass is 10.0. The molecule has 0 saturated carbocycles. The molecule has 0 amide bonds. The molecule has 0 aliphatic rings. The van der Waals surface area contributed by atoms with Crippen molar-refractivity contribution in [2.75, 3.05) is 19.8 Å². The molecule has 0 aromatic rings. The summed E-state index contributed by atoms with van der Waals surface area (Å²) in [6.45, 7) is 3.71. The summed E-state index contributed by atoms with van der Waals surface area (Å²) in [5, 5.41) is 36.7. The first-order valence-electron chi connectivity index (χ1n) is 4.53. The van der Waals surface area contributed by atoms with Crippen LogP contribution in [-0.2, 0) is 4.74 Å². The highest BCUT2D eigenvalue weighted by atomic mass is 16.5. The molecule has 0 aromatic carbocycles. The van der Waals surface area contributed by atoms with Gasteiger partial charge in [-0.05, 0) is 20.8 Å². The standard InChI is InChI=1S/C9H20O5/c1-7(11)9(3,13)6-14-5-8(2,12)4-10/h7,10-13H,4-6H2,1-3H3. The molecule has 86 valence electrons. The minimum Gasteiger partial charge on any atom is -0.393 e. The lowest BCUT2D eigenvalue weighted by Gasteiger charge is -2.28. The van der Waals surface area contributed by atoms with Crippen LogP contribution in [0.2, 0.25) is 0 Å². The van der Waals surface area contributed by atoms with Crippen LogP contribution >= 0.6 is 0 Å². The highest BCUT2D eigenvalue weighted by molar-refractivity contribution is 4.79. The van der Waals surface area contributed by atoms with Crippen molar-refractivity contribution in [2.24, 2.45) is 0 Å². The fourth-order valence-electron chi connectivity index (χ4n) is 0.644. The third kappa shape index (κ3) is 4.88. The maximum Gasteiger partial charge on any atom is 0.111 e. The van der Waals surface area contributed by atoms with Crippen LogP contribution in [0.4, 0.5) is 0 Å². The number of hydrogen-bond donors (Lipinski definition) is 4. The average molecular weight is 208 g/mol. The summed E-state index contributed by atoms with van der Waals surface area (Å²) in [7, 11) is 0. The summed E-state index contributed by atoms with van der Waals surface area (Å²) in [5.74, 6) is 0. The Kier molecular flexibility index (Phi) is 4.97. The second-order valence-electron chi connectivity index (χ2n) is 4.18. The smallest absolute Gasteiger partial charge is 0.111 e. The maximum atomic E-state index is 9.54. The van der Waals surface area contributed by atoms with E-state index in [-0.39, 0.29) is 13.2 Å². The normalized spacial score (nSPS) is 22.5. The van der Waals surface area contributed by atoms with E-state index in [2.05, 4.69) is 0 Å². The third-order valence-corrected chi connectivity index (χ3v) is 2.05. The molecule has 3 atom stereocenters. The quantitative estimate of drug-likeness (QED) is 0.444. The van der Waals surface area contributed by atoms with Gasteiger partial charge >= 0.3 is 0 Å². The van der Waals surface area contributed by atoms with E-state index in [0.717, 1.165) is 0 Å². The zero-order valence-corrected chi connectivity index (χ0v) is 8.90. The topological polar surface area (TPSA) is 90.2 Å². The van der Waals surface area contributed by atoms with Gasteiger partial charge in [0, 0.05) is 0 Å². The zero-order chi connectivity index (χ0) is 11.4. The molecule has 0 fully saturated rings. The number of ether oxygens (including phenoxy) is 1. The van der Waals surface area contributed by atoms with E-state index >= 15 is 0 Å². The summed E-state index contributed by atoms with van der Waals surface area (Å²) in [6, 6.07) is 0. The van der Waals surface area contributed by atoms with Gasteiger partial charge in [-0.1, -0.05) is 0 Å². The van der Waals surface area contributed by atoms with Gasteiger partial charge in [-0.15, -0.1) is 0 Å². The van der Waals surface area contributed by atoms with Gasteiger partial charge in [0.25, 0.3) is 0 Å². The Balaban J connectivity index is 3.85. The summed E-state index contributed by atoms with van der Waals surface area (Å²) < 4.78 is 5.00. The number of aliphatic hydroxyl groups excluding tert-OH is 2. The molecule has 3 unspecified atom stereocenters. The van der Waals surface area contributed by atoms with Gasteiger partial charge in [-0.3, -0.25) is 0 Å². The Bertz CT molecular complexity index is 165. The van der Waals surface area contributed by atoms with Crippen molar-refractivity contribution in [1.29, 1.82) is 0 Å². The van der Waals surface area contributed by atoms with Gasteiger partial charge in [0.2, 0.25) is 0 Å². The Morgan fingerprint density at radius 1 is 1.21 bits per heavy atom. The fraction of sp³-hybridized carbons (Fsp3) is 1.00. The monoisotopic (exact) mass is 208 g/mol. The van der Waals surface area contributed by atoms with E-state index in [1.807, 2.05) is 0 Å². The molecule has 0 saturated heterocycles. The van der Waals surface area contributed by atoms with Crippen LogP contribution in [0.25, 0.3) is 0 Å². The van der Waals surface area contributed by atoms with Crippen LogP contribution in [0.3, 0.4) is 0 Å². The van der Waals surface area contributed by atoms with Gasteiger partial charge in [0.1, 0.15) is 11.2 Å². The second-order valence-corrected chi connectivity index (χ2v) is 4.18. The van der Waals surface area contributed by atoms with E-state index in [9.17, 15) is 10.2 Å². The molecule has 5 nitrogen and oxygen atoms in total. The molecule has 0 aliphatic carbocycles. The Labute approximate surface area is 83.9 Å². The predicted octanol–water partition coefficient (Wildman–Crippen LogP) is -1.12. The third-order valence-electron chi connectivity index (χ3n) is 2.05. The molecule has 0 radical (unpaired) electrons. The maximum absolute atomic E-state index is 9.54. The summed E-state index contributed by atoms with van der Waals surface area (Å²) in [5.41, 5.74) is -2.65. The summed E-state index contributed by atoms with van der Waals surface area (Å²) >= 11 is 0. The van der Waals surface area contributed by atoms with Crippen molar-refractivity contribution in [2.45, 2.75) is 38.1 Å². The summed E-state index contributed by atoms with van der Waals surface area (Å²) in [4.78, 5) is 0. The average Bonchev–Trinajstić information content (AvgIpc) is 2.03. The van der Waals surface area contributed by atoms with Crippen LogP contribution in [0.15, 0.2) is 0 Å². The Hall–Kier alpha value is -0.200. The van der Waals surface area contributed by atoms with Crippen LogP contribution in [0.1, 0.15) is 20.8 Å². The molecule has 14 heavy (non-hydrogen) atoms. The van der Waals surface area contributed by atoms with Crippen molar-refractivity contribution in [3.63, 3.8) is 0 Å². The molecule has 0 aliphatic heterocycles. The zero-order valence-electron chi connectivity index (χ0n) is 8.90. The number of rotatable bonds is 6. The van der Waals surface area contributed by atoms with Gasteiger partial charge in [-0.25, -0.2) is 0 Å². The predicted molar refractivity (Wildman–Crippen MR) is 50.8 cm³/mol. The van der Waals surface area contributed by atoms with Crippen LogP contribution in [0, 0.1) is 0 Å². The van der Waals surface area contributed by atoms with Crippen molar-refractivity contribution in [3.05, 3.63) is 0 Å². The van der Waals surface area contributed by atoms with Crippen LogP contribution in [0.5, 0.6) is 0 Å². The summed E-state index contributed by atoms with van der Waals surface area (Å²) in [6.07, 6.45) is -0.915. The first-order chi connectivity index (χ1) is 6.21. The molecule has 0 bridgehead atoms. The van der Waals surface area contributed by atoms with E-state index < -0.39 is 23.9 Å². The highest BCUT2D eigenvalue weighted by Crippen LogP contribution is 2.11. The minimum atomic E-state index is -1.34. The Morgan fingerprint density at radius 3 is 2.07 bits per heavy atom. The second kappa shape index (κ2) is 5.04. The van der Waals surface area contributed by atoms with Crippen LogP contribution < -0.4 is 0 Å². The van der Waals surface area contributed by atoms with Gasteiger partial charge in [0.15, 0.2) is 0 Å². The number of hydrogen-bond acceptors (Lipinski definition) is 5. The van der Waals surface area contributed by atoms with E-state index in [1.165, 1.54) is 20.8 Å². The SMILES string of the molecule is CC(O)C(C)(O)COCC(C)(O)CO. The largest absolute Gasteiger partial charge is 0.393 e. The lowest BCUT2D eigenvalue weighted by Crippen LogP contribution is -2.44. The Morgan fingerprint density at radius 2 is 1.71 bits per heavy atom. The van der Waals surface area contributed by atoms with Crippen molar-refractivity contribution in [3.8, 4) is 0 Å². The molecule has 0 aromatic heterocycles. The van der Waals surface area contributed by atoms with Gasteiger partial charge in [-0.2, -0.15) is 0 Å². The van der Waals surface area contributed by atoms with E-state index in [1.54, 1.807) is 0 Å². The van der Waals surface area contributed by atoms with Crippen molar-refractivity contribution < 1.29 is 25.2 Å². The molecule has 0 rings (SSSR count). The molecule has 5 heteroatoms. The molecule has 0 spiro atoms. The fourth-order valence-corrected chi connectivity index (χ4v) is 0.644. The first-order valence-corrected chi connectivity index (χ1v) is 4.53. The van der Waals surface area contributed by atoms with Gasteiger partial charge in [0.05, 0.1) is 25.9 Å². The van der Waals surface area contributed by atoms with Crippen molar-refractivity contribution in [1.82, 2.24) is 0 Å². The first kappa shape index (κ1) is 13.8.